The van der Waals surface area contributed by atoms with Crippen molar-refractivity contribution in [3.8, 4) is 0 Å². The number of fused-ring (bicyclic) bond motifs is 1. The fourth-order valence-corrected chi connectivity index (χ4v) is 3.75. The number of benzene rings is 1. The van der Waals surface area contributed by atoms with Gasteiger partial charge in [0.1, 0.15) is 5.82 Å². The van der Waals surface area contributed by atoms with Gasteiger partial charge in [-0.2, -0.15) is 5.10 Å². The number of rotatable bonds is 5. The monoisotopic (exact) mass is 384 g/mol. The van der Waals surface area contributed by atoms with Gasteiger partial charge in [-0.15, -0.1) is 0 Å². The second-order valence-corrected chi connectivity index (χ2v) is 7.67. The first-order valence-corrected chi connectivity index (χ1v) is 9.94. The molecule has 0 unspecified atom stereocenters. The number of aryl methyl sites for hydroxylation is 1. The molecule has 0 saturated heterocycles. The van der Waals surface area contributed by atoms with Gasteiger partial charge < -0.3 is 10.2 Å². The number of nitrogens with one attached hydrogen (secondary N) is 1. The van der Waals surface area contributed by atoms with Crippen LogP contribution < -0.4 is 5.32 Å². The van der Waals surface area contributed by atoms with E-state index in [1.165, 1.54) is 12.1 Å². The van der Waals surface area contributed by atoms with Crippen molar-refractivity contribution in [2.75, 3.05) is 6.54 Å². The number of aromatic nitrogens is 2. The molecule has 0 atom stereocenters. The van der Waals surface area contributed by atoms with Gasteiger partial charge in [-0.3, -0.25) is 14.3 Å². The molecule has 1 aromatic heterocycles. The Labute approximate surface area is 163 Å². The van der Waals surface area contributed by atoms with E-state index < -0.39 is 0 Å². The lowest BCUT2D eigenvalue weighted by Crippen LogP contribution is -2.38. The number of hydrogen-bond donors (Lipinski definition) is 1. The fourth-order valence-electron chi connectivity index (χ4n) is 3.75. The van der Waals surface area contributed by atoms with Gasteiger partial charge in [0, 0.05) is 19.0 Å². The summed E-state index contributed by atoms with van der Waals surface area (Å²) in [6, 6.07) is 7.91. The molecule has 0 spiro atoms. The highest BCUT2D eigenvalue weighted by atomic mass is 19.1. The summed E-state index contributed by atoms with van der Waals surface area (Å²) in [6.07, 6.45) is 4.28. The van der Waals surface area contributed by atoms with Gasteiger partial charge >= 0.3 is 0 Å². The van der Waals surface area contributed by atoms with Crippen molar-refractivity contribution in [1.82, 2.24) is 20.0 Å². The number of nitrogens with zero attached hydrogens (tertiary/aromatic N) is 3. The van der Waals surface area contributed by atoms with Gasteiger partial charge in [-0.25, -0.2) is 4.39 Å². The third-order valence-electron chi connectivity index (χ3n) is 5.58. The van der Waals surface area contributed by atoms with Crippen molar-refractivity contribution < 1.29 is 14.0 Å². The van der Waals surface area contributed by atoms with E-state index in [9.17, 15) is 14.0 Å². The van der Waals surface area contributed by atoms with Crippen LogP contribution in [0, 0.1) is 11.7 Å². The molecule has 1 aliphatic carbocycles. The Kier molecular flexibility index (Phi) is 5.41. The maximum Gasteiger partial charge on any atom is 0.226 e. The summed E-state index contributed by atoms with van der Waals surface area (Å²) < 4.78 is 14.9. The number of amides is 2. The van der Waals surface area contributed by atoms with Crippen LogP contribution in [0.25, 0.3) is 0 Å². The van der Waals surface area contributed by atoms with Crippen LogP contribution in [0.1, 0.15) is 42.6 Å². The molecule has 28 heavy (non-hydrogen) atoms. The molecule has 0 radical (unpaired) electrons. The van der Waals surface area contributed by atoms with Crippen molar-refractivity contribution in [3.63, 3.8) is 0 Å². The number of carbonyl (C=O) groups excluding carboxylic acids is 2. The molecule has 2 aromatic rings. The van der Waals surface area contributed by atoms with E-state index in [2.05, 4.69) is 10.4 Å². The van der Waals surface area contributed by atoms with E-state index in [1.54, 1.807) is 12.1 Å². The van der Waals surface area contributed by atoms with E-state index in [4.69, 9.17) is 0 Å². The van der Waals surface area contributed by atoms with Crippen LogP contribution in [0.15, 0.2) is 30.3 Å². The van der Waals surface area contributed by atoms with Crippen LogP contribution in [-0.2, 0) is 35.6 Å². The first-order chi connectivity index (χ1) is 13.6. The second kappa shape index (κ2) is 8.12. The van der Waals surface area contributed by atoms with Gasteiger partial charge in [0.2, 0.25) is 11.8 Å². The SMILES string of the molecule is O=C(Cc1ccc(F)cc1)NCc1cc2n(n1)CCCN(C(=O)C1CCC1)C2. The number of halogens is 1. The highest BCUT2D eigenvalue weighted by molar-refractivity contribution is 5.79. The van der Waals surface area contributed by atoms with Crippen LogP contribution in [0.4, 0.5) is 4.39 Å². The van der Waals surface area contributed by atoms with Gasteiger partial charge in [-0.05, 0) is 43.0 Å². The molecule has 1 fully saturated rings. The first kappa shape index (κ1) is 18.7. The van der Waals surface area contributed by atoms with Crippen LogP contribution in [-0.4, -0.2) is 33.0 Å². The van der Waals surface area contributed by atoms with E-state index >= 15 is 0 Å². The molecular weight excluding hydrogens is 359 g/mol. The summed E-state index contributed by atoms with van der Waals surface area (Å²) in [6.45, 7) is 2.50. The fraction of sp³-hybridized carbons (Fsp3) is 0.476. The van der Waals surface area contributed by atoms with Crippen molar-refractivity contribution in [3.05, 3.63) is 53.1 Å². The van der Waals surface area contributed by atoms with Crippen LogP contribution in [0.3, 0.4) is 0 Å². The summed E-state index contributed by atoms with van der Waals surface area (Å²) in [5.74, 6) is 0.0415. The lowest BCUT2D eigenvalue weighted by atomic mass is 9.84. The highest BCUT2D eigenvalue weighted by Crippen LogP contribution is 2.29. The minimum absolute atomic E-state index is 0.128. The largest absolute Gasteiger partial charge is 0.350 e. The Morgan fingerprint density at radius 2 is 1.93 bits per heavy atom. The van der Waals surface area contributed by atoms with Gasteiger partial charge in [0.25, 0.3) is 0 Å². The molecule has 148 valence electrons. The summed E-state index contributed by atoms with van der Waals surface area (Å²) in [4.78, 5) is 26.7. The van der Waals surface area contributed by atoms with E-state index in [-0.39, 0.29) is 30.0 Å². The maximum atomic E-state index is 12.9. The molecule has 1 aromatic carbocycles. The predicted octanol–water partition coefficient (Wildman–Crippen LogP) is 2.41. The zero-order chi connectivity index (χ0) is 19.5. The number of hydrogen-bond acceptors (Lipinski definition) is 3. The molecule has 1 N–H and O–H groups in total. The molecule has 2 amide bonds. The minimum atomic E-state index is -0.312. The Balaban J connectivity index is 1.33. The van der Waals surface area contributed by atoms with Crippen LogP contribution >= 0.6 is 0 Å². The molecule has 0 bridgehead atoms. The average Bonchev–Trinajstić information content (AvgIpc) is 2.90. The highest BCUT2D eigenvalue weighted by Gasteiger charge is 2.30. The first-order valence-electron chi connectivity index (χ1n) is 9.94. The zero-order valence-electron chi connectivity index (χ0n) is 15.9. The quantitative estimate of drug-likeness (QED) is 0.861. The second-order valence-electron chi connectivity index (χ2n) is 7.67. The molecule has 1 aliphatic heterocycles. The van der Waals surface area contributed by atoms with Crippen molar-refractivity contribution in [2.24, 2.45) is 5.92 Å². The molecule has 7 heteroatoms. The zero-order valence-corrected chi connectivity index (χ0v) is 15.9. The van der Waals surface area contributed by atoms with Gasteiger partial charge in [0.05, 0.1) is 30.9 Å². The standard InChI is InChI=1S/C21H25FN4O2/c22-17-7-5-15(6-8-17)11-20(27)23-13-18-12-19-14-25(9-2-10-26(19)24-18)21(28)16-3-1-4-16/h5-8,12,16H,1-4,9-11,13-14H2,(H,23,27). The minimum Gasteiger partial charge on any atom is -0.350 e. The summed E-state index contributed by atoms with van der Waals surface area (Å²) in [7, 11) is 0. The summed E-state index contributed by atoms with van der Waals surface area (Å²) in [5, 5.41) is 7.46. The molecule has 1 saturated carbocycles. The Morgan fingerprint density at radius 1 is 1.14 bits per heavy atom. The Bertz CT molecular complexity index is 858. The smallest absolute Gasteiger partial charge is 0.226 e. The maximum absolute atomic E-state index is 12.9. The van der Waals surface area contributed by atoms with Crippen LogP contribution in [0.5, 0.6) is 0 Å². The third-order valence-corrected chi connectivity index (χ3v) is 5.58. The van der Waals surface area contributed by atoms with E-state index in [1.807, 2.05) is 15.6 Å². The van der Waals surface area contributed by atoms with Crippen molar-refractivity contribution in [2.45, 2.75) is 51.7 Å². The predicted molar refractivity (Wildman–Crippen MR) is 102 cm³/mol. The average molecular weight is 384 g/mol. The summed E-state index contributed by atoms with van der Waals surface area (Å²) in [5.41, 5.74) is 2.58. The molecule has 6 nitrogen and oxygen atoms in total. The van der Waals surface area contributed by atoms with Gasteiger partial charge in [0.15, 0.2) is 0 Å². The van der Waals surface area contributed by atoms with Gasteiger partial charge in [-0.1, -0.05) is 18.6 Å². The summed E-state index contributed by atoms with van der Waals surface area (Å²) >= 11 is 0. The molecular formula is C21H25FN4O2. The Morgan fingerprint density at radius 3 is 2.64 bits per heavy atom. The normalized spacial score (nSPS) is 16.8. The molecule has 2 heterocycles. The van der Waals surface area contributed by atoms with Crippen molar-refractivity contribution in [1.29, 1.82) is 0 Å². The lowest BCUT2D eigenvalue weighted by Gasteiger charge is -2.30. The van der Waals surface area contributed by atoms with Crippen molar-refractivity contribution >= 4 is 11.8 Å². The molecule has 4 rings (SSSR count). The third kappa shape index (κ3) is 4.24. The number of carbonyl (C=O) groups is 2. The van der Waals surface area contributed by atoms with Crippen LogP contribution in [0.2, 0.25) is 0 Å². The molecule has 2 aliphatic rings. The Hall–Kier alpha value is -2.70. The lowest BCUT2D eigenvalue weighted by molar-refractivity contribution is -0.138. The van der Waals surface area contributed by atoms with E-state index in [0.717, 1.165) is 55.7 Å². The van der Waals surface area contributed by atoms with E-state index in [0.29, 0.717) is 13.1 Å². The topological polar surface area (TPSA) is 67.2 Å².